The minimum atomic E-state index is -1.74. The first-order chi connectivity index (χ1) is 10.8. The van der Waals surface area contributed by atoms with E-state index in [-0.39, 0.29) is 0 Å². The molecule has 0 aromatic rings. The molecule has 11 heteroatoms. The van der Waals surface area contributed by atoms with E-state index in [1.807, 2.05) is 0 Å². The molecule has 2 heterocycles. The molecule has 0 saturated carbocycles. The Hall–Kier alpha value is -0.440. The van der Waals surface area contributed by atoms with E-state index in [2.05, 4.69) is 0 Å². The van der Waals surface area contributed by atoms with Crippen molar-refractivity contribution in [1.82, 2.24) is 0 Å². The van der Waals surface area contributed by atoms with Gasteiger partial charge in [-0.25, -0.2) is 0 Å². The fourth-order valence-electron chi connectivity index (χ4n) is 2.46. The van der Waals surface area contributed by atoms with Crippen LogP contribution >= 0.6 is 0 Å². The summed E-state index contributed by atoms with van der Waals surface area (Å²) in [6.07, 6.45) is -15.3. The van der Waals surface area contributed by atoms with Crippen molar-refractivity contribution < 1.29 is 55.1 Å². The fraction of sp³-hybridized carbons (Fsp3) is 1.00. The highest BCUT2D eigenvalue weighted by atomic mass is 16.7. The van der Waals surface area contributed by atoms with Crippen LogP contribution in [0, 0.1) is 0 Å². The molecule has 0 aromatic carbocycles. The normalized spacial score (nSPS) is 51.7. The first-order valence-electron chi connectivity index (χ1n) is 7.07. The van der Waals surface area contributed by atoms with Gasteiger partial charge in [-0.15, -0.1) is 0 Å². The highest BCUT2D eigenvalue weighted by molar-refractivity contribution is 4.91. The van der Waals surface area contributed by atoms with Crippen molar-refractivity contribution in [2.24, 2.45) is 0 Å². The van der Waals surface area contributed by atoms with Crippen molar-refractivity contribution in [1.29, 1.82) is 0 Å². The van der Waals surface area contributed by atoms with E-state index >= 15 is 0 Å². The first kappa shape index (κ1) is 18.9. The molecule has 0 radical (unpaired) electrons. The van der Waals surface area contributed by atoms with E-state index in [9.17, 15) is 35.7 Å². The van der Waals surface area contributed by atoms with E-state index in [0.717, 1.165) is 0 Å². The maximum atomic E-state index is 9.78. The molecular weight excluding hydrogens is 320 g/mol. The van der Waals surface area contributed by atoms with Crippen LogP contribution in [-0.2, 0) is 14.2 Å². The smallest absolute Gasteiger partial charge is 0.186 e. The van der Waals surface area contributed by atoms with Crippen LogP contribution in [0.3, 0.4) is 0 Å². The summed E-state index contributed by atoms with van der Waals surface area (Å²) >= 11 is 0. The third-order valence-corrected chi connectivity index (χ3v) is 3.96. The van der Waals surface area contributed by atoms with Crippen LogP contribution in [0.15, 0.2) is 0 Å². The molecule has 11 nitrogen and oxygen atoms in total. The van der Waals surface area contributed by atoms with Crippen LogP contribution in [0.2, 0.25) is 0 Å². The quantitative estimate of drug-likeness (QED) is 0.243. The zero-order valence-corrected chi connectivity index (χ0v) is 12.0. The van der Waals surface area contributed by atoms with Gasteiger partial charge in [0.05, 0.1) is 13.2 Å². The number of ether oxygens (including phenoxy) is 3. The largest absolute Gasteiger partial charge is 0.394 e. The monoisotopic (exact) mass is 342 g/mol. The Bertz CT molecular complexity index is 380. The van der Waals surface area contributed by atoms with Gasteiger partial charge < -0.3 is 55.1 Å². The van der Waals surface area contributed by atoms with E-state index in [1.54, 1.807) is 0 Å². The Kier molecular flexibility index (Phi) is 6.27. The predicted octanol–water partition coefficient (Wildman–Crippen LogP) is -5.40. The molecule has 0 aliphatic carbocycles. The molecule has 2 rings (SSSR count). The minimum Gasteiger partial charge on any atom is -0.394 e. The number of aliphatic hydroxyl groups excluding tert-OH is 8. The molecule has 2 aliphatic heterocycles. The summed E-state index contributed by atoms with van der Waals surface area (Å²) in [5, 5.41) is 76.1. The van der Waals surface area contributed by atoms with Crippen LogP contribution in [0.4, 0.5) is 0 Å². The number of aliphatic hydroxyl groups is 8. The van der Waals surface area contributed by atoms with Gasteiger partial charge in [-0.2, -0.15) is 0 Å². The SMILES string of the molecule is OC[C@H]1O[C@H](OC[C@H]2O[C@H](O)[C@H](O)[C@H](O)[C@@H]2O)[C@H](O)[C@H](O)[C@@H]1O. The lowest BCUT2D eigenvalue weighted by Gasteiger charge is -2.41. The highest BCUT2D eigenvalue weighted by Crippen LogP contribution is 2.24. The molecule has 0 amide bonds. The zero-order valence-electron chi connectivity index (χ0n) is 12.0. The van der Waals surface area contributed by atoms with Crippen molar-refractivity contribution >= 4 is 0 Å². The Morgan fingerprint density at radius 3 is 1.83 bits per heavy atom. The average molecular weight is 342 g/mol. The van der Waals surface area contributed by atoms with Gasteiger partial charge in [0.25, 0.3) is 0 Å². The van der Waals surface area contributed by atoms with Crippen LogP contribution in [0.1, 0.15) is 0 Å². The molecule has 8 N–H and O–H groups in total. The van der Waals surface area contributed by atoms with Crippen molar-refractivity contribution in [3.8, 4) is 0 Å². The second-order valence-corrected chi connectivity index (χ2v) is 5.57. The lowest BCUT2D eigenvalue weighted by atomic mass is 9.98. The van der Waals surface area contributed by atoms with Gasteiger partial charge in [0.1, 0.15) is 48.8 Å². The summed E-state index contributed by atoms with van der Waals surface area (Å²) in [7, 11) is 0. The third-order valence-electron chi connectivity index (χ3n) is 3.96. The Balaban J connectivity index is 1.94. The van der Waals surface area contributed by atoms with E-state index in [0.29, 0.717) is 0 Å². The molecule has 136 valence electrons. The van der Waals surface area contributed by atoms with Crippen LogP contribution in [-0.4, -0.2) is 115 Å². The van der Waals surface area contributed by atoms with E-state index in [1.165, 1.54) is 0 Å². The van der Waals surface area contributed by atoms with Crippen LogP contribution < -0.4 is 0 Å². The van der Waals surface area contributed by atoms with Gasteiger partial charge >= 0.3 is 0 Å². The lowest BCUT2D eigenvalue weighted by molar-refractivity contribution is -0.325. The van der Waals surface area contributed by atoms with Gasteiger partial charge in [-0.3, -0.25) is 0 Å². The number of hydrogen-bond acceptors (Lipinski definition) is 11. The Morgan fingerprint density at radius 2 is 1.22 bits per heavy atom. The predicted molar refractivity (Wildman–Crippen MR) is 68.6 cm³/mol. The molecule has 0 aromatic heterocycles. The van der Waals surface area contributed by atoms with Gasteiger partial charge in [0, 0.05) is 0 Å². The van der Waals surface area contributed by atoms with Gasteiger partial charge in [-0.1, -0.05) is 0 Å². The maximum absolute atomic E-state index is 9.78. The summed E-state index contributed by atoms with van der Waals surface area (Å²) in [6.45, 7) is -1.10. The second-order valence-electron chi connectivity index (χ2n) is 5.57. The topological polar surface area (TPSA) is 190 Å². The molecule has 2 aliphatic rings. The summed E-state index contributed by atoms with van der Waals surface area (Å²) in [6, 6.07) is 0. The summed E-state index contributed by atoms with van der Waals surface area (Å²) < 4.78 is 15.1. The van der Waals surface area contributed by atoms with E-state index in [4.69, 9.17) is 19.3 Å². The van der Waals surface area contributed by atoms with E-state index < -0.39 is 74.6 Å². The molecule has 2 fully saturated rings. The standard InChI is InChI=1S/C12H22O11/c13-1-3-5(14)8(17)10(19)12(23-3)21-2-4-6(15)7(16)9(18)11(20)22-4/h3-20H,1-2H2/t3-,4-,5-,6-,7-,8-,9-,10-,11+,12+/m1/s1. The molecule has 0 spiro atoms. The van der Waals surface area contributed by atoms with Crippen molar-refractivity contribution in [3.05, 3.63) is 0 Å². The molecule has 2 saturated heterocycles. The third kappa shape index (κ3) is 3.81. The second kappa shape index (κ2) is 7.63. The van der Waals surface area contributed by atoms with Crippen molar-refractivity contribution in [2.45, 2.75) is 61.4 Å². The summed E-state index contributed by atoms with van der Waals surface area (Å²) in [5.74, 6) is 0. The van der Waals surface area contributed by atoms with Gasteiger partial charge in [0.15, 0.2) is 12.6 Å². The molecule has 10 atom stereocenters. The molecular formula is C12H22O11. The maximum Gasteiger partial charge on any atom is 0.186 e. The van der Waals surface area contributed by atoms with Crippen LogP contribution in [0.25, 0.3) is 0 Å². The average Bonchev–Trinajstić information content (AvgIpc) is 2.54. The number of hydrogen-bond donors (Lipinski definition) is 8. The first-order valence-corrected chi connectivity index (χ1v) is 7.07. The van der Waals surface area contributed by atoms with Crippen molar-refractivity contribution in [2.75, 3.05) is 13.2 Å². The molecule has 0 unspecified atom stereocenters. The fourth-order valence-corrected chi connectivity index (χ4v) is 2.46. The zero-order chi connectivity index (χ0) is 17.3. The lowest BCUT2D eigenvalue weighted by Crippen LogP contribution is -2.61. The highest BCUT2D eigenvalue weighted by Gasteiger charge is 2.46. The minimum absolute atomic E-state index is 0.468. The van der Waals surface area contributed by atoms with Gasteiger partial charge in [0.2, 0.25) is 0 Å². The Labute approximate surface area is 130 Å². The van der Waals surface area contributed by atoms with Crippen molar-refractivity contribution in [3.63, 3.8) is 0 Å². The summed E-state index contributed by atoms with van der Waals surface area (Å²) in [4.78, 5) is 0. The molecule has 0 bridgehead atoms. The van der Waals surface area contributed by atoms with Crippen LogP contribution in [0.5, 0.6) is 0 Å². The van der Waals surface area contributed by atoms with Gasteiger partial charge in [-0.05, 0) is 0 Å². The molecule has 23 heavy (non-hydrogen) atoms. The Morgan fingerprint density at radius 1 is 0.652 bits per heavy atom. The number of rotatable bonds is 4. The summed E-state index contributed by atoms with van der Waals surface area (Å²) in [5.41, 5.74) is 0.